The van der Waals surface area contributed by atoms with Crippen molar-refractivity contribution in [2.75, 3.05) is 17.7 Å². The number of methoxy groups -OCH3 is 1. The molecule has 0 amide bonds. The van der Waals surface area contributed by atoms with Crippen molar-refractivity contribution in [3.63, 3.8) is 0 Å². The van der Waals surface area contributed by atoms with Crippen molar-refractivity contribution < 1.29 is 27.4 Å². The molecule has 10 nitrogen and oxygen atoms in total. The summed E-state index contributed by atoms with van der Waals surface area (Å²) in [5.74, 6) is 0.128. The lowest BCUT2D eigenvalue weighted by atomic mass is 10.0. The van der Waals surface area contributed by atoms with Crippen molar-refractivity contribution in [2.45, 2.75) is 13.8 Å². The number of nitrogens with one attached hydrogen (secondary N) is 4. The van der Waals surface area contributed by atoms with Crippen molar-refractivity contribution >= 4 is 44.8 Å². The Bertz CT molecular complexity index is 2620. The van der Waals surface area contributed by atoms with E-state index in [1.165, 1.54) is 30.3 Å². The van der Waals surface area contributed by atoms with Crippen molar-refractivity contribution in [1.29, 1.82) is 0 Å². The van der Waals surface area contributed by atoms with E-state index in [9.17, 15) is 22.7 Å². The van der Waals surface area contributed by atoms with E-state index in [4.69, 9.17) is 4.74 Å². The van der Waals surface area contributed by atoms with Crippen LogP contribution in [0.25, 0.3) is 44.1 Å². The van der Waals surface area contributed by atoms with Crippen LogP contribution >= 0.6 is 0 Å². The Morgan fingerprint density at radius 2 is 1.06 bits per heavy atom. The lowest BCUT2D eigenvalue weighted by Crippen LogP contribution is -1.98. The number of halogens is 4. The molecule has 4 heterocycles. The Morgan fingerprint density at radius 1 is 0.566 bits per heavy atom. The van der Waals surface area contributed by atoms with Gasteiger partial charge >= 0.3 is 0 Å². The van der Waals surface area contributed by atoms with Gasteiger partial charge in [-0.05, 0) is 97.4 Å². The minimum atomic E-state index is -0.709. The first-order chi connectivity index (χ1) is 25.5. The summed E-state index contributed by atoms with van der Waals surface area (Å²) in [5.41, 5.74) is 2.90. The second kappa shape index (κ2) is 14.3. The van der Waals surface area contributed by atoms with E-state index in [0.717, 1.165) is 34.3 Å². The lowest BCUT2D eigenvalue weighted by Gasteiger charge is -2.12. The molecule has 0 aliphatic carbocycles. The summed E-state index contributed by atoms with van der Waals surface area (Å²) in [4.78, 5) is 9.04. The first kappa shape index (κ1) is 34.5. The zero-order chi connectivity index (χ0) is 37.2. The molecule has 53 heavy (non-hydrogen) atoms. The highest BCUT2D eigenvalue weighted by atomic mass is 19.1. The fraction of sp³-hybridized carbons (Fsp3) is 0.0769. The SMILES string of the molecule is COc1ccc2c(-c3ccc(F)cc3F)nc(Nc3cc(C)[nH]n3)cc2c1.Cc1cc(Nc2cc3cc(O)ccc3c(-c3ccc(F)cc3F)n2)n[nH]1. The van der Waals surface area contributed by atoms with Crippen LogP contribution in [0.1, 0.15) is 11.4 Å². The number of fused-ring (bicyclic) bond motifs is 2. The number of nitrogens with zero attached hydrogens (tertiary/aromatic N) is 4. The van der Waals surface area contributed by atoms with Crippen LogP contribution in [0, 0.1) is 37.1 Å². The van der Waals surface area contributed by atoms with Crippen LogP contribution in [-0.2, 0) is 0 Å². The van der Waals surface area contributed by atoms with E-state index in [2.05, 4.69) is 41.0 Å². The maximum atomic E-state index is 14.4. The molecule has 0 aliphatic rings. The molecular formula is C39H30F4N8O2. The van der Waals surface area contributed by atoms with Crippen LogP contribution in [0.2, 0.25) is 0 Å². The van der Waals surface area contributed by atoms with Gasteiger partial charge in [0, 0.05) is 57.6 Å². The molecule has 5 N–H and O–H groups in total. The van der Waals surface area contributed by atoms with Crippen LogP contribution in [-0.4, -0.2) is 42.6 Å². The van der Waals surface area contributed by atoms with Gasteiger partial charge in [-0.15, -0.1) is 0 Å². The number of rotatable bonds is 7. The Balaban J connectivity index is 0.000000164. The summed E-state index contributed by atoms with van der Waals surface area (Å²) in [6, 6.07) is 24.1. The number of phenolic OH excluding ortho intramolecular Hbond substituents is 1. The summed E-state index contributed by atoms with van der Waals surface area (Å²) in [6.07, 6.45) is 0. The van der Waals surface area contributed by atoms with Crippen LogP contribution in [0.4, 0.5) is 40.8 Å². The molecule has 266 valence electrons. The summed E-state index contributed by atoms with van der Waals surface area (Å²) in [6.45, 7) is 3.75. The van der Waals surface area contributed by atoms with E-state index in [-0.39, 0.29) is 16.9 Å². The van der Waals surface area contributed by atoms with Crippen LogP contribution in [0.5, 0.6) is 11.5 Å². The number of aromatic amines is 2. The number of benzene rings is 4. The summed E-state index contributed by atoms with van der Waals surface area (Å²) in [5, 5.41) is 32.6. The van der Waals surface area contributed by atoms with E-state index in [1.807, 2.05) is 38.1 Å². The standard InChI is InChI=1S/C20H16F2N4O.C19H14F2N4O/c1-11-7-19(26-25-11)23-18-9-12-8-14(27-2)4-6-15(12)20(24-18)16-5-3-13(21)10-17(16)22;1-10-6-18(25-24-10)22-17-8-11-7-13(26)3-5-14(11)19(23-17)15-4-2-12(20)9-16(15)21/h3-10H,1-2H3,(H2,23,24,25,26);2-9,26H,1H3,(H2,22,23,24,25). The predicted octanol–water partition coefficient (Wildman–Crippen LogP) is 9.62. The molecular weight excluding hydrogens is 688 g/mol. The Kier molecular flexibility index (Phi) is 9.33. The predicted molar refractivity (Wildman–Crippen MR) is 196 cm³/mol. The first-order valence-corrected chi connectivity index (χ1v) is 16.1. The van der Waals surface area contributed by atoms with Crippen molar-refractivity contribution in [3.05, 3.63) is 132 Å². The van der Waals surface area contributed by atoms with Gasteiger partial charge < -0.3 is 20.5 Å². The van der Waals surface area contributed by atoms with Crippen LogP contribution in [0.3, 0.4) is 0 Å². The molecule has 0 aliphatic heterocycles. The number of aromatic nitrogens is 6. The Labute approximate surface area is 299 Å². The van der Waals surface area contributed by atoms with E-state index in [0.29, 0.717) is 51.2 Å². The molecule has 0 radical (unpaired) electrons. The van der Waals surface area contributed by atoms with Gasteiger partial charge in [0.15, 0.2) is 11.6 Å². The normalized spacial score (nSPS) is 11.0. The number of aryl methyl sites for hydroxylation is 2. The van der Waals surface area contributed by atoms with E-state index < -0.39 is 23.3 Å². The molecule has 0 fully saturated rings. The van der Waals surface area contributed by atoms with Gasteiger partial charge in [-0.1, -0.05) is 0 Å². The molecule has 8 rings (SSSR count). The quantitative estimate of drug-likeness (QED) is 0.103. The number of pyridine rings is 2. The zero-order valence-electron chi connectivity index (χ0n) is 28.4. The van der Waals surface area contributed by atoms with Crippen molar-refractivity contribution in [2.24, 2.45) is 0 Å². The average molecular weight is 719 g/mol. The van der Waals surface area contributed by atoms with E-state index in [1.54, 1.807) is 37.4 Å². The van der Waals surface area contributed by atoms with Crippen LogP contribution < -0.4 is 15.4 Å². The number of ether oxygens (including phenoxy) is 1. The molecule has 0 saturated carbocycles. The van der Waals surface area contributed by atoms with Gasteiger partial charge in [0.1, 0.15) is 46.4 Å². The molecule has 4 aromatic carbocycles. The fourth-order valence-corrected chi connectivity index (χ4v) is 5.74. The Hall–Kier alpha value is -6.96. The monoisotopic (exact) mass is 718 g/mol. The largest absolute Gasteiger partial charge is 0.508 e. The highest BCUT2D eigenvalue weighted by molar-refractivity contribution is 5.98. The molecule has 0 saturated heterocycles. The van der Waals surface area contributed by atoms with Gasteiger partial charge in [0.05, 0.1) is 18.5 Å². The maximum Gasteiger partial charge on any atom is 0.153 e. The summed E-state index contributed by atoms with van der Waals surface area (Å²) in [7, 11) is 1.58. The van der Waals surface area contributed by atoms with Gasteiger partial charge in [0.2, 0.25) is 0 Å². The lowest BCUT2D eigenvalue weighted by molar-refractivity contribution is 0.415. The number of hydrogen-bond donors (Lipinski definition) is 5. The molecule has 8 aromatic rings. The third-order valence-corrected chi connectivity index (χ3v) is 8.15. The zero-order valence-corrected chi connectivity index (χ0v) is 28.4. The highest BCUT2D eigenvalue weighted by Crippen LogP contribution is 2.35. The minimum Gasteiger partial charge on any atom is -0.508 e. The van der Waals surface area contributed by atoms with Gasteiger partial charge in [-0.2, -0.15) is 10.2 Å². The number of H-pyrrole nitrogens is 2. The summed E-state index contributed by atoms with van der Waals surface area (Å²) < 4.78 is 60.7. The number of phenols is 1. The molecule has 0 atom stereocenters. The summed E-state index contributed by atoms with van der Waals surface area (Å²) >= 11 is 0. The maximum absolute atomic E-state index is 14.4. The van der Waals surface area contributed by atoms with E-state index >= 15 is 0 Å². The van der Waals surface area contributed by atoms with Gasteiger partial charge in [-0.3, -0.25) is 10.2 Å². The number of hydrogen-bond acceptors (Lipinski definition) is 8. The second-order valence-corrected chi connectivity index (χ2v) is 12.1. The molecule has 14 heteroatoms. The van der Waals surface area contributed by atoms with Crippen molar-refractivity contribution in [3.8, 4) is 34.0 Å². The Morgan fingerprint density at radius 3 is 1.51 bits per heavy atom. The fourth-order valence-electron chi connectivity index (χ4n) is 5.74. The third-order valence-electron chi connectivity index (χ3n) is 8.15. The number of aromatic hydroxyl groups is 1. The number of anilines is 4. The highest BCUT2D eigenvalue weighted by Gasteiger charge is 2.16. The average Bonchev–Trinajstić information content (AvgIpc) is 3.73. The molecule has 0 unspecified atom stereocenters. The van der Waals surface area contributed by atoms with Crippen LogP contribution in [0.15, 0.2) is 97.1 Å². The third kappa shape index (κ3) is 7.56. The molecule has 4 aromatic heterocycles. The van der Waals surface area contributed by atoms with Crippen molar-refractivity contribution in [1.82, 2.24) is 30.4 Å². The molecule has 0 bridgehead atoms. The smallest absolute Gasteiger partial charge is 0.153 e. The second-order valence-electron chi connectivity index (χ2n) is 12.1. The molecule has 0 spiro atoms. The minimum absolute atomic E-state index is 0.0794. The first-order valence-electron chi connectivity index (χ1n) is 16.1. The topological polar surface area (TPSA) is 137 Å². The van der Waals surface area contributed by atoms with Gasteiger partial charge in [-0.25, -0.2) is 27.5 Å². The van der Waals surface area contributed by atoms with Gasteiger partial charge in [0.25, 0.3) is 0 Å².